The zero-order valence-electron chi connectivity index (χ0n) is 35.9. The zero-order chi connectivity index (χ0) is 41.9. The average Bonchev–Trinajstić information content (AvgIpc) is 3.24. The van der Waals surface area contributed by atoms with Gasteiger partial charge in [-0.05, 0) is 121 Å². The molecule has 3 aromatic carbocycles. The number of amides is 1. The van der Waals surface area contributed by atoms with Crippen LogP contribution in [0.5, 0.6) is 11.5 Å². The van der Waals surface area contributed by atoms with E-state index in [-0.39, 0.29) is 23.6 Å². The summed E-state index contributed by atoms with van der Waals surface area (Å²) < 4.78 is 24.2. The number of aromatic carboxylic acids is 1. The molecule has 0 aromatic heterocycles. The second kappa shape index (κ2) is 18.7. The van der Waals surface area contributed by atoms with Gasteiger partial charge in [-0.15, -0.1) is 0 Å². The van der Waals surface area contributed by atoms with Crippen molar-refractivity contribution in [2.24, 2.45) is 0 Å². The molecule has 0 fully saturated rings. The number of unbranched alkanes of at least 4 members (excludes halogenated alkanes) is 3. The second-order valence-corrected chi connectivity index (χ2v) is 18.9. The SMILES string of the molecule is CC(C)N(C(C)C)P(OCCC#N)OCCCCCCNC(=O)c1ccc(C(=O)O)c(C2=c3cc4c5c(c3Oc3c2cc2c6c3CCCN6CCC2)CCC[N+]=5CCC4)c1. The maximum Gasteiger partial charge on any atom is 0.336 e. The molecule has 0 bridgehead atoms. The number of carbonyl (C=O) groups is 2. The maximum absolute atomic E-state index is 13.9. The van der Waals surface area contributed by atoms with Crippen molar-refractivity contribution >= 4 is 31.7 Å². The first-order valence-corrected chi connectivity index (χ1v) is 23.6. The van der Waals surface area contributed by atoms with E-state index in [1.165, 1.54) is 33.3 Å². The molecule has 5 aliphatic heterocycles. The predicted molar refractivity (Wildman–Crippen MR) is 236 cm³/mol. The van der Waals surface area contributed by atoms with E-state index in [1.807, 2.05) is 6.07 Å². The molecule has 0 aliphatic carbocycles. The number of benzene rings is 3. The summed E-state index contributed by atoms with van der Waals surface area (Å²) in [6.45, 7) is 14.2. The fraction of sp³-hybridized carbons (Fsp3) is 0.542. The largest absolute Gasteiger partial charge is 0.478 e. The van der Waals surface area contributed by atoms with Crippen LogP contribution in [-0.2, 0) is 34.7 Å². The van der Waals surface area contributed by atoms with E-state index in [2.05, 4.69) is 65.4 Å². The number of ether oxygens (including phenoxy) is 1. The molecule has 12 heteroatoms. The first-order valence-electron chi connectivity index (χ1n) is 22.5. The normalized spacial score (nSPS) is 16.8. The molecule has 8 rings (SSSR count). The van der Waals surface area contributed by atoms with E-state index < -0.39 is 14.5 Å². The van der Waals surface area contributed by atoms with Gasteiger partial charge in [0.15, 0.2) is 0 Å². The number of nitriles is 1. The number of carbonyl (C=O) groups excluding carboxylic acids is 1. The Morgan fingerprint density at radius 1 is 0.883 bits per heavy atom. The molecule has 318 valence electrons. The van der Waals surface area contributed by atoms with Crippen molar-refractivity contribution in [1.82, 2.24) is 14.6 Å². The number of carboxylic acid groups (broad SMARTS) is 1. The summed E-state index contributed by atoms with van der Waals surface area (Å²) in [7, 11) is -1.25. The predicted octanol–water partition coefficient (Wildman–Crippen LogP) is 7.40. The first kappa shape index (κ1) is 42.4. The number of rotatable bonds is 17. The lowest BCUT2D eigenvalue weighted by molar-refractivity contribution is 0.0695. The summed E-state index contributed by atoms with van der Waals surface area (Å²) in [4.78, 5) is 29.5. The van der Waals surface area contributed by atoms with Crippen LogP contribution >= 0.6 is 8.53 Å². The fourth-order valence-corrected chi connectivity index (χ4v) is 11.9. The van der Waals surface area contributed by atoms with Crippen LogP contribution in [0.2, 0.25) is 0 Å². The van der Waals surface area contributed by atoms with Gasteiger partial charge in [0.2, 0.25) is 5.36 Å². The van der Waals surface area contributed by atoms with Crippen molar-refractivity contribution in [3.8, 4) is 17.6 Å². The van der Waals surface area contributed by atoms with Crippen LogP contribution in [0.3, 0.4) is 0 Å². The number of carboxylic acids is 1. The summed E-state index contributed by atoms with van der Waals surface area (Å²) in [5.74, 6) is 0.508. The van der Waals surface area contributed by atoms with Crippen molar-refractivity contribution in [2.45, 2.75) is 123 Å². The number of nitrogens with zero attached hydrogens (tertiary/aromatic N) is 4. The Kier molecular flexibility index (Phi) is 13.2. The number of hydrogen-bond donors (Lipinski definition) is 2. The molecule has 2 N–H and O–H groups in total. The number of hydrogen-bond acceptors (Lipinski definition) is 8. The molecule has 1 atom stereocenters. The molecule has 0 radical (unpaired) electrons. The van der Waals surface area contributed by atoms with E-state index in [0.717, 1.165) is 131 Å². The standard InChI is InChI=1S/C48H60N5O6P/c1-31(2)53(32(3)4)60(58-27-13-20-49)57-26-8-6-5-7-21-50-47(54)35-18-19-36(48(55)56)39(30-35)42-40-28-33-14-9-22-51-24-11-16-37(43(33)51)45(40)59-46-38-17-12-25-52-23-10-15-34(44(38)52)29-41(42)46/h18-19,28-32H,5-17,21-27H2,1-4H3,(H-,50,54,55,56)/p+1. The zero-order valence-corrected chi connectivity index (χ0v) is 36.8. The summed E-state index contributed by atoms with van der Waals surface area (Å²) in [5.41, 5.74) is 9.43. The van der Waals surface area contributed by atoms with Crippen LogP contribution in [0.1, 0.15) is 140 Å². The molecule has 60 heavy (non-hydrogen) atoms. The van der Waals surface area contributed by atoms with Gasteiger partial charge in [0.05, 0.1) is 36.8 Å². The van der Waals surface area contributed by atoms with Crippen molar-refractivity contribution < 1.29 is 28.5 Å². The van der Waals surface area contributed by atoms with Gasteiger partial charge < -0.3 is 29.1 Å². The molecular weight excluding hydrogens is 774 g/mol. The third kappa shape index (κ3) is 8.46. The Balaban J connectivity index is 1.05. The third-order valence-corrected chi connectivity index (χ3v) is 14.8. The van der Waals surface area contributed by atoms with E-state index in [9.17, 15) is 14.7 Å². The van der Waals surface area contributed by atoms with Gasteiger partial charge in [0.25, 0.3) is 14.4 Å². The Morgan fingerprint density at radius 3 is 2.37 bits per heavy atom. The highest BCUT2D eigenvalue weighted by atomic mass is 31.2. The molecule has 5 aliphatic rings. The minimum atomic E-state index is -1.25. The fourth-order valence-electron chi connectivity index (χ4n) is 10.2. The molecular formula is C48H61N5O6P+. The van der Waals surface area contributed by atoms with Crippen LogP contribution in [0.15, 0.2) is 30.3 Å². The van der Waals surface area contributed by atoms with Crippen LogP contribution in [0, 0.1) is 11.3 Å². The maximum atomic E-state index is 13.9. The summed E-state index contributed by atoms with van der Waals surface area (Å²) in [6, 6.07) is 12.3. The Morgan fingerprint density at radius 2 is 1.60 bits per heavy atom. The summed E-state index contributed by atoms with van der Waals surface area (Å²) >= 11 is 0. The summed E-state index contributed by atoms with van der Waals surface area (Å²) in [6.07, 6.45) is 12.0. The minimum absolute atomic E-state index is 0.188. The highest BCUT2D eigenvalue weighted by Crippen LogP contribution is 2.49. The van der Waals surface area contributed by atoms with Crippen LogP contribution < -0.4 is 30.1 Å². The number of anilines is 1. The Hall–Kier alpha value is -4.33. The van der Waals surface area contributed by atoms with Gasteiger partial charge in [-0.25, -0.2) is 14.0 Å². The molecule has 11 nitrogen and oxygen atoms in total. The van der Waals surface area contributed by atoms with Crippen molar-refractivity contribution in [1.29, 1.82) is 5.26 Å². The van der Waals surface area contributed by atoms with Gasteiger partial charge in [-0.3, -0.25) is 4.79 Å². The van der Waals surface area contributed by atoms with Gasteiger partial charge in [0.1, 0.15) is 24.6 Å². The van der Waals surface area contributed by atoms with Crippen molar-refractivity contribution in [2.75, 3.05) is 50.8 Å². The Bertz CT molecular complexity index is 2300. The molecule has 1 amide bonds. The third-order valence-electron chi connectivity index (χ3n) is 12.7. The van der Waals surface area contributed by atoms with Crippen molar-refractivity contribution in [3.05, 3.63) is 85.4 Å². The number of nitrogens with one attached hydrogen (secondary N) is 1. The number of fused-ring (bicyclic) bond motifs is 4. The van der Waals surface area contributed by atoms with E-state index in [1.54, 1.807) is 12.1 Å². The molecule has 0 spiro atoms. The summed E-state index contributed by atoms with van der Waals surface area (Å²) in [5, 5.41) is 25.1. The lowest BCUT2D eigenvalue weighted by atomic mass is 9.81. The van der Waals surface area contributed by atoms with E-state index in [4.69, 9.17) is 19.0 Å². The highest BCUT2D eigenvalue weighted by Gasteiger charge is 2.37. The quantitative estimate of drug-likeness (QED) is 0.0636. The Labute approximate surface area is 356 Å². The van der Waals surface area contributed by atoms with Gasteiger partial charge in [-0.1, -0.05) is 12.8 Å². The molecule has 0 saturated heterocycles. The van der Waals surface area contributed by atoms with Crippen molar-refractivity contribution in [3.63, 3.8) is 0 Å². The molecule has 0 saturated carbocycles. The lowest BCUT2D eigenvalue weighted by Crippen LogP contribution is -2.45. The average molecular weight is 835 g/mol. The highest BCUT2D eigenvalue weighted by molar-refractivity contribution is 7.44. The lowest BCUT2D eigenvalue weighted by Gasteiger charge is -2.39. The van der Waals surface area contributed by atoms with E-state index in [0.29, 0.717) is 37.3 Å². The van der Waals surface area contributed by atoms with Crippen LogP contribution in [0.4, 0.5) is 5.69 Å². The van der Waals surface area contributed by atoms with Gasteiger partial charge in [-0.2, -0.15) is 5.26 Å². The van der Waals surface area contributed by atoms with Gasteiger partial charge >= 0.3 is 5.97 Å². The topological polar surface area (TPSA) is 127 Å². The smallest absolute Gasteiger partial charge is 0.336 e. The van der Waals surface area contributed by atoms with Crippen LogP contribution in [0.25, 0.3) is 5.57 Å². The molecule has 5 heterocycles. The molecule has 1 unspecified atom stereocenters. The number of aryl methyl sites for hydroxylation is 2. The van der Waals surface area contributed by atoms with E-state index >= 15 is 0 Å². The van der Waals surface area contributed by atoms with Gasteiger partial charge in [0, 0.05) is 83.3 Å². The monoisotopic (exact) mass is 834 g/mol. The minimum Gasteiger partial charge on any atom is -0.478 e. The van der Waals surface area contributed by atoms with Crippen LogP contribution in [-0.4, -0.2) is 79.7 Å². The first-order chi connectivity index (χ1) is 29.2. The molecule has 3 aromatic rings. The second-order valence-electron chi connectivity index (χ2n) is 17.5.